The highest BCUT2D eigenvalue weighted by Crippen LogP contribution is 2.28. The fourth-order valence-corrected chi connectivity index (χ4v) is 3.28. The molecule has 32 heavy (non-hydrogen) atoms. The highest BCUT2D eigenvalue weighted by molar-refractivity contribution is 5.71. The van der Waals surface area contributed by atoms with Crippen molar-refractivity contribution in [3.05, 3.63) is 73.1 Å². The van der Waals surface area contributed by atoms with Crippen LogP contribution < -0.4 is 16.0 Å². The number of aliphatic imine (C=N–C) groups is 1. The van der Waals surface area contributed by atoms with Crippen LogP contribution in [0.4, 0.5) is 11.5 Å². The lowest BCUT2D eigenvalue weighted by Gasteiger charge is -2.28. The third-order valence-electron chi connectivity index (χ3n) is 5.00. The SMILES string of the molecule is C=C/C=C(\N=C/C)NC(=C)N(CCCCCCC)c1nc(-c2ccc(C)nc2)ccc1N. The molecule has 0 amide bonds. The van der Waals surface area contributed by atoms with Gasteiger partial charge >= 0.3 is 0 Å². The predicted octanol–water partition coefficient (Wildman–Crippen LogP) is 5.99. The number of nitrogens with zero attached hydrogens (tertiary/aromatic N) is 4. The maximum absolute atomic E-state index is 6.38. The molecule has 0 bridgehead atoms. The first kappa shape index (κ1) is 24.9. The van der Waals surface area contributed by atoms with Crippen LogP contribution in [0.1, 0.15) is 51.6 Å². The molecule has 170 valence electrons. The monoisotopic (exact) mass is 432 g/mol. The fourth-order valence-electron chi connectivity index (χ4n) is 3.28. The highest BCUT2D eigenvalue weighted by atomic mass is 15.3. The predicted molar refractivity (Wildman–Crippen MR) is 137 cm³/mol. The average molecular weight is 433 g/mol. The van der Waals surface area contributed by atoms with Crippen molar-refractivity contribution in [2.45, 2.75) is 52.9 Å². The molecule has 0 aliphatic carbocycles. The van der Waals surface area contributed by atoms with Gasteiger partial charge in [0.05, 0.1) is 11.4 Å². The maximum Gasteiger partial charge on any atom is 0.158 e. The second-order valence-corrected chi connectivity index (χ2v) is 7.61. The van der Waals surface area contributed by atoms with Gasteiger partial charge in [-0.2, -0.15) is 0 Å². The summed E-state index contributed by atoms with van der Waals surface area (Å²) in [7, 11) is 0. The van der Waals surface area contributed by atoms with Crippen LogP contribution in [-0.2, 0) is 0 Å². The quantitative estimate of drug-likeness (QED) is 0.231. The number of nitrogens with two attached hydrogens (primary N) is 1. The maximum atomic E-state index is 6.38. The molecule has 2 aromatic rings. The Kier molecular flexibility index (Phi) is 10.2. The van der Waals surface area contributed by atoms with E-state index in [1.165, 1.54) is 19.3 Å². The Morgan fingerprint density at radius 3 is 2.62 bits per heavy atom. The number of anilines is 2. The van der Waals surface area contributed by atoms with Gasteiger partial charge in [-0.1, -0.05) is 51.8 Å². The first-order chi connectivity index (χ1) is 15.5. The summed E-state index contributed by atoms with van der Waals surface area (Å²) >= 11 is 0. The molecule has 0 spiro atoms. The summed E-state index contributed by atoms with van der Waals surface area (Å²) in [6.07, 6.45) is 12.9. The van der Waals surface area contributed by atoms with Crippen molar-refractivity contribution < 1.29 is 0 Å². The molecule has 2 rings (SSSR count). The molecule has 2 heterocycles. The van der Waals surface area contributed by atoms with Crippen molar-refractivity contribution in [1.29, 1.82) is 0 Å². The minimum Gasteiger partial charge on any atom is -0.396 e. The van der Waals surface area contributed by atoms with Crippen molar-refractivity contribution >= 4 is 17.7 Å². The van der Waals surface area contributed by atoms with Crippen LogP contribution in [-0.4, -0.2) is 22.7 Å². The normalized spacial score (nSPS) is 11.5. The molecule has 0 radical (unpaired) electrons. The minimum atomic E-state index is 0.596. The summed E-state index contributed by atoms with van der Waals surface area (Å²) in [4.78, 5) is 15.7. The highest BCUT2D eigenvalue weighted by Gasteiger charge is 2.17. The summed E-state index contributed by atoms with van der Waals surface area (Å²) in [6.45, 7) is 14.8. The van der Waals surface area contributed by atoms with Gasteiger partial charge in [0.2, 0.25) is 0 Å². The first-order valence-electron chi connectivity index (χ1n) is 11.2. The average Bonchev–Trinajstić information content (AvgIpc) is 2.78. The molecule has 0 aromatic carbocycles. The van der Waals surface area contributed by atoms with Crippen LogP contribution in [0.3, 0.4) is 0 Å². The van der Waals surface area contributed by atoms with E-state index in [2.05, 4.69) is 35.4 Å². The topological polar surface area (TPSA) is 79.4 Å². The summed E-state index contributed by atoms with van der Waals surface area (Å²) in [5, 5.41) is 3.28. The zero-order chi connectivity index (χ0) is 23.3. The molecule has 0 aliphatic heterocycles. The lowest BCUT2D eigenvalue weighted by molar-refractivity contribution is 0.624. The number of hydrogen-bond donors (Lipinski definition) is 2. The van der Waals surface area contributed by atoms with Gasteiger partial charge in [-0.3, -0.25) is 4.98 Å². The van der Waals surface area contributed by atoms with Crippen LogP contribution in [0.5, 0.6) is 0 Å². The lowest BCUT2D eigenvalue weighted by Crippen LogP contribution is -2.32. The number of unbranched alkanes of at least 4 members (excludes halogenated alkanes) is 4. The van der Waals surface area contributed by atoms with E-state index < -0.39 is 0 Å². The zero-order valence-electron chi connectivity index (χ0n) is 19.6. The second kappa shape index (κ2) is 13.1. The standard InChI is InChI=1S/C26H36N6/c1-6-9-10-11-12-18-32(21(5)30-25(13-7-2)28-8-3)26-23(27)16-17-24(31-26)22-15-14-20(4)29-19-22/h7-8,13-17,19,30H,2,5-6,9-12,18,27H2,1,3-4H3/b25-13+,28-8-. The number of aromatic nitrogens is 2. The van der Waals surface area contributed by atoms with E-state index in [0.29, 0.717) is 23.1 Å². The molecular formula is C26H36N6. The van der Waals surface area contributed by atoms with Crippen molar-refractivity contribution in [3.8, 4) is 11.3 Å². The second-order valence-electron chi connectivity index (χ2n) is 7.61. The van der Waals surface area contributed by atoms with E-state index in [1.54, 1.807) is 18.4 Å². The summed E-state index contributed by atoms with van der Waals surface area (Å²) < 4.78 is 0. The Balaban J connectivity index is 2.35. The van der Waals surface area contributed by atoms with Gasteiger partial charge in [0.15, 0.2) is 5.82 Å². The Bertz CT molecular complexity index is 943. The van der Waals surface area contributed by atoms with Crippen LogP contribution in [0.15, 0.2) is 72.4 Å². The Hall–Kier alpha value is -3.41. The fraction of sp³-hybridized carbons (Fsp3) is 0.346. The zero-order valence-corrected chi connectivity index (χ0v) is 19.6. The minimum absolute atomic E-state index is 0.596. The largest absolute Gasteiger partial charge is 0.396 e. The lowest BCUT2D eigenvalue weighted by atomic mass is 10.1. The van der Waals surface area contributed by atoms with E-state index in [9.17, 15) is 0 Å². The van der Waals surface area contributed by atoms with Crippen molar-refractivity contribution in [2.24, 2.45) is 4.99 Å². The molecule has 0 saturated heterocycles. The van der Waals surface area contributed by atoms with Gasteiger partial charge < -0.3 is 16.0 Å². The van der Waals surface area contributed by atoms with E-state index in [4.69, 9.17) is 10.7 Å². The van der Waals surface area contributed by atoms with Gasteiger partial charge in [0.1, 0.15) is 11.6 Å². The number of aryl methyl sites for hydroxylation is 1. The van der Waals surface area contributed by atoms with Crippen molar-refractivity contribution in [3.63, 3.8) is 0 Å². The van der Waals surface area contributed by atoms with Gasteiger partial charge in [-0.15, -0.1) is 0 Å². The number of nitrogens with one attached hydrogen (secondary N) is 1. The molecule has 6 nitrogen and oxygen atoms in total. The van der Waals surface area contributed by atoms with Gasteiger partial charge in [0, 0.05) is 30.2 Å². The van der Waals surface area contributed by atoms with Crippen molar-refractivity contribution in [1.82, 2.24) is 15.3 Å². The van der Waals surface area contributed by atoms with Gasteiger partial charge in [0.25, 0.3) is 0 Å². The molecule has 6 heteroatoms. The molecule has 0 aliphatic rings. The number of hydrogen-bond acceptors (Lipinski definition) is 6. The summed E-state index contributed by atoms with van der Waals surface area (Å²) in [5.41, 5.74) is 9.71. The first-order valence-corrected chi connectivity index (χ1v) is 11.2. The van der Waals surface area contributed by atoms with Crippen LogP contribution >= 0.6 is 0 Å². The molecule has 0 atom stereocenters. The van der Waals surface area contributed by atoms with Crippen molar-refractivity contribution in [2.75, 3.05) is 17.2 Å². The number of nitrogen functional groups attached to an aromatic ring is 1. The molecular weight excluding hydrogens is 396 g/mol. The number of rotatable bonds is 13. The van der Waals surface area contributed by atoms with E-state index in [1.807, 2.05) is 49.2 Å². The third kappa shape index (κ3) is 7.38. The number of pyridine rings is 2. The van der Waals surface area contributed by atoms with E-state index >= 15 is 0 Å². The smallest absolute Gasteiger partial charge is 0.158 e. The van der Waals surface area contributed by atoms with Gasteiger partial charge in [-0.05, 0) is 50.6 Å². The molecule has 0 unspecified atom stereocenters. The van der Waals surface area contributed by atoms with E-state index in [0.717, 1.165) is 36.3 Å². The molecule has 0 saturated carbocycles. The number of allylic oxidation sites excluding steroid dienone is 2. The van der Waals surface area contributed by atoms with Crippen LogP contribution in [0.25, 0.3) is 11.3 Å². The molecule has 3 N–H and O–H groups in total. The summed E-state index contributed by atoms with van der Waals surface area (Å²) in [5.74, 6) is 1.99. The van der Waals surface area contributed by atoms with E-state index in [-0.39, 0.29) is 0 Å². The van der Waals surface area contributed by atoms with Crippen LogP contribution in [0.2, 0.25) is 0 Å². The Morgan fingerprint density at radius 2 is 1.97 bits per heavy atom. The van der Waals surface area contributed by atoms with Gasteiger partial charge in [-0.25, -0.2) is 9.98 Å². The third-order valence-corrected chi connectivity index (χ3v) is 5.00. The molecule has 2 aromatic heterocycles. The Morgan fingerprint density at radius 1 is 1.19 bits per heavy atom. The summed E-state index contributed by atoms with van der Waals surface area (Å²) in [6, 6.07) is 7.81. The van der Waals surface area contributed by atoms with Crippen LogP contribution in [0, 0.1) is 6.92 Å². The molecule has 0 fully saturated rings. The Labute approximate surface area is 192 Å².